The molecule has 1 unspecified atom stereocenters. The molecule has 12 nitrogen and oxygen atoms in total. The van der Waals surface area contributed by atoms with Gasteiger partial charge in [-0.25, -0.2) is 4.98 Å². The minimum Gasteiger partial charge on any atom is -0.464 e. The lowest BCUT2D eigenvalue weighted by Gasteiger charge is -2.22. The van der Waals surface area contributed by atoms with Crippen molar-refractivity contribution in [3.8, 4) is 0 Å². The first-order chi connectivity index (χ1) is 14.5. The molecule has 7 N–H and O–H groups in total. The fraction of sp³-hybridized carbons (Fsp3) is 0.632. The number of nitrogen functional groups attached to an aromatic ring is 1. The molecular weight excluding hydrogens is 477 g/mol. The predicted molar refractivity (Wildman–Crippen MR) is 128 cm³/mol. The van der Waals surface area contributed by atoms with Gasteiger partial charge in [0.2, 0.25) is 5.95 Å². The van der Waals surface area contributed by atoms with Crippen LogP contribution in [0.5, 0.6) is 0 Å². The number of nitrogens with one attached hydrogen (secondary N) is 1. The first-order valence-electron chi connectivity index (χ1n) is 10.1. The summed E-state index contributed by atoms with van der Waals surface area (Å²) in [5, 5.41) is 0. The number of anilines is 1. The Hall–Kier alpha value is -2.41. The first kappa shape index (κ1) is 30.6. The van der Waals surface area contributed by atoms with E-state index in [0.29, 0.717) is 0 Å². The van der Waals surface area contributed by atoms with E-state index < -0.39 is 35.6 Å². The molecule has 0 spiro atoms. The molecule has 0 aromatic carbocycles. The molecule has 0 aliphatic carbocycles. The maximum atomic E-state index is 12.2. The number of imidazole rings is 1. The number of ether oxygens (including phenoxy) is 2. The maximum absolute atomic E-state index is 12.2. The Labute approximate surface area is 203 Å². The van der Waals surface area contributed by atoms with Crippen LogP contribution in [0, 0.1) is 11.8 Å². The van der Waals surface area contributed by atoms with Crippen LogP contribution in [0.2, 0.25) is 0 Å². The molecule has 0 fully saturated rings. The largest absolute Gasteiger partial charge is 0.464 e. The zero-order chi connectivity index (χ0) is 23.3. The van der Waals surface area contributed by atoms with Gasteiger partial charge in [-0.3, -0.25) is 19.4 Å². The number of aromatic nitrogens is 4. The van der Waals surface area contributed by atoms with Gasteiger partial charge in [-0.1, -0.05) is 27.7 Å². The number of fused-ring (bicyclic) bond motifs is 1. The normalized spacial score (nSPS) is 13.7. The Balaban J connectivity index is 0.00000512. The van der Waals surface area contributed by atoms with E-state index in [2.05, 4.69) is 15.0 Å². The fourth-order valence-electron chi connectivity index (χ4n) is 2.72. The molecule has 0 amide bonds. The Morgan fingerprint density at radius 2 is 1.61 bits per heavy atom. The molecule has 0 saturated heterocycles. The Bertz CT molecular complexity index is 979. The van der Waals surface area contributed by atoms with E-state index in [0.717, 1.165) is 0 Å². The van der Waals surface area contributed by atoms with Crippen molar-refractivity contribution >= 4 is 53.9 Å². The highest BCUT2D eigenvalue weighted by Gasteiger charge is 2.24. The Morgan fingerprint density at radius 3 is 2.15 bits per heavy atom. The molecule has 0 radical (unpaired) electrons. The van der Waals surface area contributed by atoms with Gasteiger partial charge in [0.1, 0.15) is 18.7 Å². The second-order valence-corrected chi connectivity index (χ2v) is 8.05. The lowest BCUT2D eigenvalue weighted by molar-refractivity contribution is -0.150. The predicted octanol–water partition coefficient (Wildman–Crippen LogP) is 0.530. The van der Waals surface area contributed by atoms with Crippen molar-refractivity contribution in [1.82, 2.24) is 19.5 Å². The van der Waals surface area contributed by atoms with Crippen molar-refractivity contribution in [3.05, 3.63) is 16.7 Å². The molecule has 0 aliphatic heterocycles. The molecule has 0 bridgehead atoms. The van der Waals surface area contributed by atoms with Crippen molar-refractivity contribution in [2.24, 2.45) is 23.3 Å². The van der Waals surface area contributed by atoms with E-state index >= 15 is 0 Å². The van der Waals surface area contributed by atoms with Crippen LogP contribution in [-0.4, -0.2) is 56.8 Å². The van der Waals surface area contributed by atoms with Gasteiger partial charge >= 0.3 is 11.9 Å². The van der Waals surface area contributed by atoms with Crippen LogP contribution in [0.4, 0.5) is 5.95 Å². The number of nitrogens with two attached hydrogens (primary N) is 3. The topological polar surface area (TPSA) is 194 Å². The fourth-order valence-corrected chi connectivity index (χ4v) is 2.72. The zero-order valence-electron chi connectivity index (χ0n) is 19.0. The van der Waals surface area contributed by atoms with Crippen molar-refractivity contribution in [1.29, 1.82) is 0 Å². The van der Waals surface area contributed by atoms with Crippen LogP contribution < -0.4 is 22.8 Å². The standard InChI is InChI=1S/C19H31N7O5.2ClH/c1-9(2)12(20)17(28)30-6-5-11(7-31-18(29)13(21)10(3)4)26-8-23-14-15(26)24-19(22)25-16(14)27;;/h8-13H,5-7,20-21H2,1-4H3,(H3,22,24,25,27);2*1H/t11?,12-,13-;;/m0../s1. The molecule has 188 valence electrons. The summed E-state index contributed by atoms with van der Waals surface area (Å²) in [6, 6.07) is -2.06. The Morgan fingerprint density at radius 1 is 1.06 bits per heavy atom. The van der Waals surface area contributed by atoms with Crippen LogP contribution in [0.3, 0.4) is 0 Å². The van der Waals surface area contributed by atoms with Crippen LogP contribution >= 0.6 is 24.8 Å². The number of aromatic amines is 1. The van der Waals surface area contributed by atoms with Gasteiger partial charge in [0.15, 0.2) is 11.2 Å². The lowest BCUT2D eigenvalue weighted by Crippen LogP contribution is -2.38. The number of hydrogen-bond acceptors (Lipinski definition) is 10. The van der Waals surface area contributed by atoms with Crippen LogP contribution in [0.15, 0.2) is 11.1 Å². The summed E-state index contributed by atoms with van der Waals surface area (Å²) in [6.07, 6.45) is 1.65. The summed E-state index contributed by atoms with van der Waals surface area (Å²) >= 11 is 0. The van der Waals surface area contributed by atoms with Gasteiger partial charge in [-0.2, -0.15) is 4.98 Å². The van der Waals surface area contributed by atoms with Gasteiger partial charge in [0.25, 0.3) is 5.56 Å². The molecule has 3 atom stereocenters. The van der Waals surface area contributed by atoms with Gasteiger partial charge in [0.05, 0.1) is 19.0 Å². The van der Waals surface area contributed by atoms with Crippen molar-refractivity contribution < 1.29 is 19.1 Å². The average Bonchev–Trinajstić information content (AvgIpc) is 3.12. The van der Waals surface area contributed by atoms with E-state index in [1.54, 1.807) is 4.57 Å². The molecule has 2 aromatic heterocycles. The molecule has 0 saturated carbocycles. The summed E-state index contributed by atoms with van der Waals surface area (Å²) in [4.78, 5) is 46.9. The molecule has 2 heterocycles. The molecule has 2 rings (SSSR count). The highest BCUT2D eigenvalue weighted by atomic mass is 35.5. The highest BCUT2D eigenvalue weighted by Crippen LogP contribution is 2.19. The quantitative estimate of drug-likeness (QED) is 0.327. The monoisotopic (exact) mass is 509 g/mol. The van der Waals surface area contributed by atoms with Crippen LogP contribution in [-0.2, 0) is 19.1 Å². The van der Waals surface area contributed by atoms with E-state index in [-0.39, 0.29) is 73.4 Å². The zero-order valence-corrected chi connectivity index (χ0v) is 20.6. The van der Waals surface area contributed by atoms with Crippen molar-refractivity contribution in [2.45, 2.75) is 52.2 Å². The minimum atomic E-state index is -0.779. The number of H-pyrrole nitrogens is 1. The Kier molecular flexibility index (Phi) is 12.4. The number of nitrogens with zero attached hydrogens (tertiary/aromatic N) is 3. The van der Waals surface area contributed by atoms with Gasteiger partial charge in [-0.15, -0.1) is 24.8 Å². The van der Waals surface area contributed by atoms with Crippen LogP contribution in [0.1, 0.15) is 40.2 Å². The number of halogens is 2. The van der Waals surface area contributed by atoms with Gasteiger partial charge in [-0.05, 0) is 11.8 Å². The SMILES string of the molecule is CC(C)[C@H](N)C(=O)OCCC(COC(=O)[C@@H](N)C(C)C)n1cnc2c(=O)[nH]c(N)nc21.Cl.Cl. The van der Waals surface area contributed by atoms with E-state index in [1.807, 2.05) is 27.7 Å². The number of carbonyl (C=O) groups is 2. The smallest absolute Gasteiger partial charge is 0.323 e. The second kappa shape index (κ2) is 13.3. The number of esters is 2. The summed E-state index contributed by atoms with van der Waals surface area (Å²) in [5.74, 6) is -1.33. The first-order valence-corrected chi connectivity index (χ1v) is 10.1. The second-order valence-electron chi connectivity index (χ2n) is 8.05. The van der Waals surface area contributed by atoms with Crippen molar-refractivity contribution in [3.63, 3.8) is 0 Å². The van der Waals surface area contributed by atoms with Crippen LogP contribution in [0.25, 0.3) is 11.2 Å². The molecular formula is C19H33Cl2N7O5. The third kappa shape index (κ3) is 7.84. The van der Waals surface area contributed by atoms with Gasteiger partial charge in [0, 0.05) is 6.42 Å². The summed E-state index contributed by atoms with van der Waals surface area (Å²) in [5.41, 5.74) is 17.1. The third-order valence-corrected chi connectivity index (χ3v) is 4.94. The average molecular weight is 510 g/mol. The number of hydrogen-bond donors (Lipinski definition) is 4. The molecule has 14 heteroatoms. The van der Waals surface area contributed by atoms with Gasteiger partial charge < -0.3 is 31.2 Å². The third-order valence-electron chi connectivity index (χ3n) is 4.94. The van der Waals surface area contributed by atoms with E-state index in [4.69, 9.17) is 26.7 Å². The summed E-state index contributed by atoms with van der Waals surface area (Å²) < 4.78 is 12.2. The van der Waals surface area contributed by atoms with E-state index in [1.165, 1.54) is 6.33 Å². The molecule has 2 aromatic rings. The van der Waals surface area contributed by atoms with E-state index in [9.17, 15) is 14.4 Å². The summed E-state index contributed by atoms with van der Waals surface area (Å²) in [7, 11) is 0. The number of rotatable bonds is 10. The highest BCUT2D eigenvalue weighted by molar-refractivity contribution is 5.85. The summed E-state index contributed by atoms with van der Waals surface area (Å²) in [6.45, 7) is 7.17. The number of carbonyl (C=O) groups excluding carboxylic acids is 2. The van der Waals surface area contributed by atoms with Crippen molar-refractivity contribution in [2.75, 3.05) is 18.9 Å². The lowest BCUT2D eigenvalue weighted by atomic mass is 10.1. The molecule has 33 heavy (non-hydrogen) atoms. The molecule has 0 aliphatic rings. The minimum absolute atomic E-state index is 0. The maximum Gasteiger partial charge on any atom is 0.323 e.